The van der Waals surface area contributed by atoms with Crippen molar-refractivity contribution in [3.05, 3.63) is 0 Å². The van der Waals surface area contributed by atoms with Gasteiger partial charge in [0, 0.05) is 19.1 Å². The number of rotatable bonds is 7. The first-order valence-electron chi connectivity index (χ1n) is 5.45. The Balaban J connectivity index is 2.09. The molecule has 0 spiro atoms. The zero-order chi connectivity index (χ0) is 10.2. The number of nitrogens with one attached hydrogen (secondary N) is 1. The van der Waals surface area contributed by atoms with E-state index in [-0.39, 0.29) is 6.61 Å². The Labute approximate surface area is 86.2 Å². The quantitative estimate of drug-likeness (QED) is 0.555. The Morgan fingerprint density at radius 3 is 3.07 bits per heavy atom. The molecule has 4 heteroatoms. The Morgan fingerprint density at radius 1 is 1.50 bits per heavy atom. The number of ether oxygens (including phenoxy) is 1. The van der Waals surface area contributed by atoms with E-state index < -0.39 is 0 Å². The molecule has 1 unspecified atom stereocenters. The largest absolute Gasteiger partial charge is 0.394 e. The minimum absolute atomic E-state index is 0.125. The number of likely N-dealkylation sites (tertiary alicyclic amines) is 1. The van der Waals surface area contributed by atoms with E-state index in [1.165, 1.54) is 19.4 Å². The molecule has 1 heterocycles. The molecule has 0 saturated carbocycles. The summed E-state index contributed by atoms with van der Waals surface area (Å²) in [6.45, 7) is 4.58. The molecule has 84 valence electrons. The molecule has 0 bridgehead atoms. The molecule has 1 saturated heterocycles. The first-order valence-corrected chi connectivity index (χ1v) is 5.45. The van der Waals surface area contributed by atoms with Crippen LogP contribution >= 0.6 is 0 Å². The zero-order valence-electron chi connectivity index (χ0n) is 9.04. The second-order valence-electron chi connectivity index (χ2n) is 3.73. The summed E-state index contributed by atoms with van der Waals surface area (Å²) < 4.78 is 5.26. The molecule has 0 aromatic carbocycles. The van der Waals surface area contributed by atoms with Crippen molar-refractivity contribution in [1.82, 2.24) is 10.2 Å². The summed E-state index contributed by atoms with van der Waals surface area (Å²) in [6.07, 6.45) is 2.59. The summed E-state index contributed by atoms with van der Waals surface area (Å²) >= 11 is 0. The van der Waals surface area contributed by atoms with E-state index >= 15 is 0 Å². The average molecular weight is 202 g/mol. The average Bonchev–Trinajstić information content (AvgIpc) is 2.61. The van der Waals surface area contributed by atoms with Gasteiger partial charge in [-0.3, -0.25) is 4.90 Å². The molecule has 0 aromatic heterocycles. The lowest BCUT2D eigenvalue weighted by Gasteiger charge is -2.23. The summed E-state index contributed by atoms with van der Waals surface area (Å²) in [7, 11) is 2.00. The third-order valence-corrected chi connectivity index (χ3v) is 2.70. The molecule has 14 heavy (non-hydrogen) atoms. The standard InChI is InChI=1S/C10H22N2O2/c1-11-9-10-3-2-4-12(10)5-7-14-8-6-13/h10-11,13H,2-9H2,1H3. The van der Waals surface area contributed by atoms with E-state index in [1.54, 1.807) is 0 Å². The van der Waals surface area contributed by atoms with Crippen molar-refractivity contribution in [3.8, 4) is 0 Å². The predicted octanol–water partition coefficient (Wildman–Crippen LogP) is -0.321. The zero-order valence-corrected chi connectivity index (χ0v) is 9.04. The molecule has 4 nitrogen and oxygen atoms in total. The van der Waals surface area contributed by atoms with Crippen molar-refractivity contribution in [2.75, 3.05) is 46.5 Å². The lowest BCUT2D eigenvalue weighted by Crippen LogP contribution is -2.38. The molecule has 0 aromatic rings. The number of likely N-dealkylation sites (N-methyl/N-ethyl adjacent to an activating group) is 1. The van der Waals surface area contributed by atoms with Crippen molar-refractivity contribution in [1.29, 1.82) is 0 Å². The minimum Gasteiger partial charge on any atom is -0.394 e. The van der Waals surface area contributed by atoms with Crippen LogP contribution in [0.25, 0.3) is 0 Å². The topological polar surface area (TPSA) is 44.7 Å². The highest BCUT2D eigenvalue weighted by atomic mass is 16.5. The summed E-state index contributed by atoms with van der Waals surface area (Å²) in [5.41, 5.74) is 0. The van der Waals surface area contributed by atoms with Crippen LogP contribution in [0.15, 0.2) is 0 Å². The highest BCUT2D eigenvalue weighted by Crippen LogP contribution is 2.15. The van der Waals surface area contributed by atoms with E-state index in [9.17, 15) is 0 Å². The first kappa shape index (κ1) is 11.9. The van der Waals surface area contributed by atoms with Gasteiger partial charge in [0.15, 0.2) is 0 Å². The van der Waals surface area contributed by atoms with Crippen LogP contribution in [-0.2, 0) is 4.74 Å². The van der Waals surface area contributed by atoms with Gasteiger partial charge in [-0.1, -0.05) is 0 Å². The maximum absolute atomic E-state index is 8.55. The first-order chi connectivity index (χ1) is 6.88. The molecular formula is C10H22N2O2. The second kappa shape index (κ2) is 7.17. The smallest absolute Gasteiger partial charge is 0.0698 e. The number of hydrogen-bond acceptors (Lipinski definition) is 4. The highest BCUT2D eigenvalue weighted by Gasteiger charge is 2.22. The molecule has 0 radical (unpaired) electrons. The monoisotopic (exact) mass is 202 g/mol. The van der Waals surface area contributed by atoms with Crippen LogP contribution < -0.4 is 5.32 Å². The van der Waals surface area contributed by atoms with Crippen molar-refractivity contribution in [3.63, 3.8) is 0 Å². The van der Waals surface area contributed by atoms with Gasteiger partial charge in [0.25, 0.3) is 0 Å². The summed E-state index contributed by atoms with van der Waals surface area (Å²) in [4.78, 5) is 2.47. The van der Waals surface area contributed by atoms with Gasteiger partial charge in [-0.2, -0.15) is 0 Å². The van der Waals surface area contributed by atoms with Crippen LogP contribution in [0.2, 0.25) is 0 Å². The van der Waals surface area contributed by atoms with Crippen LogP contribution in [0.1, 0.15) is 12.8 Å². The molecular weight excluding hydrogens is 180 g/mol. The normalized spacial score (nSPS) is 23.1. The third-order valence-electron chi connectivity index (χ3n) is 2.70. The van der Waals surface area contributed by atoms with Crippen LogP contribution in [-0.4, -0.2) is 62.6 Å². The van der Waals surface area contributed by atoms with E-state index in [0.29, 0.717) is 12.6 Å². The summed E-state index contributed by atoms with van der Waals surface area (Å²) in [6, 6.07) is 0.678. The summed E-state index contributed by atoms with van der Waals surface area (Å²) in [5, 5.41) is 11.8. The molecule has 1 atom stereocenters. The Kier molecular flexibility index (Phi) is 6.10. The van der Waals surface area contributed by atoms with E-state index in [1.807, 2.05) is 7.05 Å². The van der Waals surface area contributed by atoms with Crippen molar-refractivity contribution < 1.29 is 9.84 Å². The number of nitrogens with zero attached hydrogens (tertiary/aromatic N) is 1. The fourth-order valence-corrected chi connectivity index (χ4v) is 2.00. The maximum atomic E-state index is 8.55. The fraction of sp³-hybridized carbons (Fsp3) is 1.00. The van der Waals surface area contributed by atoms with Gasteiger partial charge in [-0.05, 0) is 26.4 Å². The van der Waals surface area contributed by atoms with Crippen LogP contribution in [0.4, 0.5) is 0 Å². The van der Waals surface area contributed by atoms with Gasteiger partial charge in [-0.15, -0.1) is 0 Å². The number of aliphatic hydroxyl groups excluding tert-OH is 1. The third kappa shape index (κ3) is 3.92. The van der Waals surface area contributed by atoms with Crippen molar-refractivity contribution >= 4 is 0 Å². The van der Waals surface area contributed by atoms with Gasteiger partial charge in [0.05, 0.1) is 19.8 Å². The lowest BCUT2D eigenvalue weighted by molar-refractivity contribution is 0.0711. The molecule has 0 amide bonds. The van der Waals surface area contributed by atoms with Gasteiger partial charge >= 0.3 is 0 Å². The molecule has 1 rings (SSSR count). The maximum Gasteiger partial charge on any atom is 0.0698 e. The van der Waals surface area contributed by atoms with Gasteiger partial charge in [0.2, 0.25) is 0 Å². The summed E-state index contributed by atoms with van der Waals surface area (Å²) in [5.74, 6) is 0. The van der Waals surface area contributed by atoms with Crippen LogP contribution in [0.3, 0.4) is 0 Å². The Bertz CT molecular complexity index is 144. The SMILES string of the molecule is CNCC1CCCN1CCOCCO. The Morgan fingerprint density at radius 2 is 2.36 bits per heavy atom. The number of aliphatic hydroxyl groups is 1. The number of hydrogen-bond donors (Lipinski definition) is 2. The van der Waals surface area contributed by atoms with Crippen LogP contribution in [0, 0.1) is 0 Å². The van der Waals surface area contributed by atoms with E-state index in [0.717, 1.165) is 19.7 Å². The van der Waals surface area contributed by atoms with Gasteiger partial charge < -0.3 is 15.2 Å². The minimum atomic E-state index is 0.125. The van der Waals surface area contributed by atoms with Crippen LogP contribution in [0.5, 0.6) is 0 Å². The van der Waals surface area contributed by atoms with E-state index in [2.05, 4.69) is 10.2 Å². The fourth-order valence-electron chi connectivity index (χ4n) is 2.00. The van der Waals surface area contributed by atoms with Crippen molar-refractivity contribution in [2.24, 2.45) is 0 Å². The molecule has 1 aliphatic heterocycles. The molecule has 2 N–H and O–H groups in total. The highest BCUT2D eigenvalue weighted by molar-refractivity contribution is 4.80. The molecule has 0 aliphatic carbocycles. The van der Waals surface area contributed by atoms with Gasteiger partial charge in [0.1, 0.15) is 0 Å². The Hall–Kier alpha value is -0.160. The lowest BCUT2D eigenvalue weighted by atomic mass is 10.2. The molecule has 1 aliphatic rings. The predicted molar refractivity (Wildman–Crippen MR) is 56.4 cm³/mol. The molecule has 1 fully saturated rings. The van der Waals surface area contributed by atoms with Gasteiger partial charge in [-0.25, -0.2) is 0 Å². The van der Waals surface area contributed by atoms with E-state index in [4.69, 9.17) is 9.84 Å². The van der Waals surface area contributed by atoms with Crippen molar-refractivity contribution in [2.45, 2.75) is 18.9 Å². The second-order valence-corrected chi connectivity index (χ2v) is 3.73.